The van der Waals surface area contributed by atoms with Crippen molar-refractivity contribution in [3.05, 3.63) is 200 Å². The first-order valence-electron chi connectivity index (χ1n) is 21.0. The molecule has 6 heteroatoms. The van der Waals surface area contributed by atoms with Gasteiger partial charge in [0.25, 0.3) is 0 Å². The number of fused-ring (bicyclic) bond motifs is 6. The Balaban J connectivity index is 0.00000490. The summed E-state index contributed by atoms with van der Waals surface area (Å²) in [4.78, 5) is 13.8. The Morgan fingerprint density at radius 1 is 0.500 bits per heavy atom. The molecule has 0 amide bonds. The van der Waals surface area contributed by atoms with Gasteiger partial charge in [-0.25, -0.2) is 4.98 Å². The van der Waals surface area contributed by atoms with Crippen LogP contribution in [-0.4, -0.2) is 4.98 Å². The number of hydrogen-bond donors (Lipinski definition) is 0. The summed E-state index contributed by atoms with van der Waals surface area (Å²) in [5.41, 5.74) is 16.1. The van der Waals surface area contributed by atoms with Gasteiger partial charge in [0.1, 0.15) is 5.82 Å². The third-order valence-corrected chi connectivity index (χ3v) is 12.6. The van der Waals surface area contributed by atoms with Gasteiger partial charge < -0.3 is 14.7 Å². The van der Waals surface area contributed by atoms with Gasteiger partial charge in [0.15, 0.2) is 0 Å². The second-order valence-corrected chi connectivity index (χ2v) is 19.0. The molecule has 0 fully saturated rings. The Labute approximate surface area is 385 Å². The normalized spacial score (nSPS) is 13.1. The third-order valence-electron chi connectivity index (χ3n) is 11.6. The number of rotatable bonds is 6. The number of hydrogen-bond acceptors (Lipinski definition) is 5. The number of benzene rings is 7. The average molecular weight is 915 g/mol. The van der Waals surface area contributed by atoms with Crippen molar-refractivity contribution in [3.8, 4) is 33.4 Å². The maximum atomic E-state index is 4.91. The van der Waals surface area contributed by atoms with Gasteiger partial charge in [-0.3, -0.25) is 0 Å². The van der Waals surface area contributed by atoms with Gasteiger partial charge in [-0.15, -0.1) is 57.7 Å². The van der Waals surface area contributed by atoms with Gasteiger partial charge in [0.2, 0.25) is 0 Å². The van der Waals surface area contributed by atoms with Gasteiger partial charge >= 0.3 is 0 Å². The summed E-state index contributed by atoms with van der Waals surface area (Å²) < 4.78 is 0. The molecule has 3 heterocycles. The fraction of sp³-hybridized carbons (Fsp3) is 0.143. The number of nitrogens with zero attached hydrogens (tertiary/aromatic N) is 4. The van der Waals surface area contributed by atoms with Crippen LogP contribution in [0.3, 0.4) is 0 Å². The SMILES string of the molecule is CC(C)(C)c1cc(N2[CH-]N(c3[c-]c(Sc4[c-]c5c(cc4)-c4ccccc4-c4cc(-c6ccccc6)ccc4N5c4ccccn4)ccc3)c3ccccc32)cc(C(C)(C)C)c1.[Pd]. The van der Waals surface area contributed by atoms with E-state index >= 15 is 0 Å². The van der Waals surface area contributed by atoms with Gasteiger partial charge in [-0.2, -0.15) is 24.3 Å². The van der Waals surface area contributed by atoms with E-state index in [-0.39, 0.29) is 31.3 Å². The van der Waals surface area contributed by atoms with E-state index in [2.05, 4.69) is 233 Å². The van der Waals surface area contributed by atoms with Crippen molar-refractivity contribution in [1.29, 1.82) is 0 Å². The van der Waals surface area contributed by atoms with E-state index in [0.29, 0.717) is 0 Å². The standard InChI is InChI=1S/C56H47N4S.Pd/c1-55(2,3)40-32-41(56(4,5)6)34-43(33-40)59-37-58(51-23-12-13-24-52(51)59)42-19-16-20-44(35-42)61-45-27-28-48-46-21-10-11-22-47(46)49-31-39(38-17-8-7-9-18-38)26-29-50(49)60(53(48)36-45)54-25-14-15-30-57-54;/h7-34,37H,1-6H3;/q-3;. The first-order chi connectivity index (χ1) is 29.5. The fourth-order valence-corrected chi connectivity index (χ4v) is 9.17. The van der Waals surface area contributed by atoms with Gasteiger partial charge in [-0.1, -0.05) is 138 Å². The van der Waals surface area contributed by atoms with Crippen molar-refractivity contribution in [1.82, 2.24) is 4.98 Å². The van der Waals surface area contributed by atoms with Crippen LogP contribution in [0.25, 0.3) is 33.4 Å². The van der Waals surface area contributed by atoms with E-state index in [1.54, 1.807) is 11.8 Å². The molecule has 2 aliphatic rings. The molecule has 8 aromatic rings. The molecule has 0 radical (unpaired) electrons. The Bertz CT molecular complexity index is 2880. The Morgan fingerprint density at radius 3 is 1.84 bits per heavy atom. The number of anilines is 7. The van der Waals surface area contributed by atoms with E-state index in [1.165, 1.54) is 33.4 Å². The Morgan fingerprint density at radius 2 is 1.15 bits per heavy atom. The molecule has 0 saturated carbocycles. The second-order valence-electron chi connectivity index (χ2n) is 17.9. The fourth-order valence-electron chi connectivity index (χ4n) is 8.35. The minimum Gasteiger partial charge on any atom is -0.493 e. The summed E-state index contributed by atoms with van der Waals surface area (Å²) >= 11 is 1.68. The maximum Gasteiger partial charge on any atom is 0.135 e. The van der Waals surface area contributed by atoms with Crippen LogP contribution in [0, 0.1) is 18.8 Å². The summed E-state index contributed by atoms with van der Waals surface area (Å²) in [6.07, 6.45) is 1.86. The van der Waals surface area contributed by atoms with Gasteiger partial charge in [0, 0.05) is 49.2 Å². The molecule has 0 atom stereocenters. The topological polar surface area (TPSA) is 22.6 Å². The summed E-state index contributed by atoms with van der Waals surface area (Å²) in [6.45, 7) is 16.0. The summed E-state index contributed by atoms with van der Waals surface area (Å²) in [6, 6.07) is 66.5. The third kappa shape index (κ3) is 7.77. The van der Waals surface area contributed by atoms with Crippen LogP contribution in [0.5, 0.6) is 0 Å². The van der Waals surface area contributed by atoms with Crippen LogP contribution in [0.1, 0.15) is 52.7 Å². The van der Waals surface area contributed by atoms with Crippen LogP contribution in [-0.2, 0) is 31.3 Å². The molecular formula is C56H47N4PdS-3. The zero-order chi connectivity index (χ0) is 41.9. The smallest absolute Gasteiger partial charge is 0.135 e. The summed E-state index contributed by atoms with van der Waals surface area (Å²) in [5.74, 6) is 0.840. The predicted octanol–water partition coefficient (Wildman–Crippen LogP) is 15.6. The van der Waals surface area contributed by atoms with Crippen molar-refractivity contribution >= 4 is 51.7 Å². The van der Waals surface area contributed by atoms with Crippen LogP contribution >= 0.6 is 11.8 Å². The molecule has 4 nitrogen and oxygen atoms in total. The predicted molar refractivity (Wildman–Crippen MR) is 256 cm³/mol. The number of pyridine rings is 1. The van der Waals surface area contributed by atoms with E-state index in [0.717, 1.165) is 60.9 Å². The molecule has 1 aromatic heterocycles. The van der Waals surface area contributed by atoms with E-state index in [9.17, 15) is 0 Å². The number of aromatic nitrogens is 1. The average Bonchev–Trinajstić information content (AvgIpc) is 3.61. The van der Waals surface area contributed by atoms with Gasteiger partial charge in [0.05, 0.1) is 5.69 Å². The molecule has 0 spiro atoms. The van der Waals surface area contributed by atoms with Crippen molar-refractivity contribution in [2.45, 2.75) is 62.2 Å². The maximum absolute atomic E-state index is 4.91. The monoisotopic (exact) mass is 913 g/mol. The first kappa shape index (κ1) is 41.5. The Hall–Kier alpha value is -5.90. The molecular weight excluding hydrogens is 867 g/mol. The molecule has 0 bridgehead atoms. The minimum atomic E-state index is 0. The van der Waals surface area contributed by atoms with Gasteiger partial charge in [-0.05, 0) is 87.2 Å². The molecule has 0 unspecified atom stereocenters. The number of para-hydroxylation sites is 2. The summed E-state index contributed by atoms with van der Waals surface area (Å²) in [5, 5.41) is 0. The molecule has 2 aliphatic heterocycles. The summed E-state index contributed by atoms with van der Waals surface area (Å²) in [7, 11) is 0. The minimum absolute atomic E-state index is 0. The van der Waals surface area contributed by atoms with Crippen LogP contribution in [0.15, 0.2) is 180 Å². The van der Waals surface area contributed by atoms with Crippen molar-refractivity contribution < 1.29 is 20.4 Å². The second kappa shape index (κ2) is 16.4. The largest absolute Gasteiger partial charge is 0.493 e. The molecule has 0 saturated heterocycles. The van der Waals surface area contributed by atoms with Crippen molar-refractivity contribution in [2.24, 2.45) is 0 Å². The molecule has 7 aromatic carbocycles. The van der Waals surface area contributed by atoms with Crippen LogP contribution in [0.4, 0.5) is 39.9 Å². The zero-order valence-corrected chi connectivity index (χ0v) is 38.1. The molecule has 0 N–H and O–H groups in total. The molecule has 10 rings (SSSR count). The first-order valence-corrected chi connectivity index (χ1v) is 21.8. The zero-order valence-electron chi connectivity index (χ0n) is 35.8. The van der Waals surface area contributed by atoms with Crippen molar-refractivity contribution in [2.75, 3.05) is 14.7 Å². The van der Waals surface area contributed by atoms with Crippen LogP contribution < -0.4 is 14.7 Å². The molecule has 0 aliphatic carbocycles. The Kier molecular flexibility index (Phi) is 11.0. The van der Waals surface area contributed by atoms with E-state index in [1.807, 2.05) is 12.3 Å². The molecule has 62 heavy (non-hydrogen) atoms. The van der Waals surface area contributed by atoms with E-state index in [4.69, 9.17) is 4.98 Å². The van der Waals surface area contributed by atoms with E-state index < -0.39 is 0 Å². The van der Waals surface area contributed by atoms with Crippen molar-refractivity contribution in [3.63, 3.8) is 0 Å². The quantitative estimate of drug-likeness (QED) is 0.122. The molecule has 310 valence electrons. The van der Waals surface area contributed by atoms with Crippen LogP contribution in [0.2, 0.25) is 0 Å².